The van der Waals surface area contributed by atoms with Crippen molar-refractivity contribution in [1.29, 1.82) is 0 Å². The minimum Gasteiger partial charge on any atom is -0.478 e. The number of fused-ring (bicyclic) bond motifs is 2. The number of β-lactam (4-membered cyclic amide) rings is 1. The number of nitrogens with one attached hydrogen (secondary N) is 2. The van der Waals surface area contributed by atoms with E-state index >= 15 is 0 Å². The number of nitrogens with zero attached hydrogens (tertiary/aromatic N) is 5. The van der Waals surface area contributed by atoms with Crippen LogP contribution in [0.1, 0.15) is 19.0 Å². The van der Waals surface area contributed by atoms with Gasteiger partial charge in [-0.15, -0.1) is 11.8 Å². The molecule has 0 unspecified atom stereocenters. The van der Waals surface area contributed by atoms with Gasteiger partial charge in [0.05, 0.1) is 0 Å². The second-order valence-corrected chi connectivity index (χ2v) is 13.6. The predicted octanol–water partition coefficient (Wildman–Crippen LogP) is 0.972. The normalized spacial score (nSPS) is 18.9. The topological polar surface area (TPSA) is 205 Å². The first-order valence-electron chi connectivity index (χ1n) is 13.7. The first-order valence-corrected chi connectivity index (χ1v) is 16.4. The maximum Gasteiger partial charge on any atom is 0.352 e. The number of aryl methyl sites for hydroxylation is 1. The second-order valence-electron chi connectivity index (χ2n) is 10.2. The van der Waals surface area contributed by atoms with Gasteiger partial charge in [-0.05, 0) is 48.9 Å². The summed E-state index contributed by atoms with van der Waals surface area (Å²) in [6.07, 6.45) is 3.46. The van der Waals surface area contributed by atoms with Crippen molar-refractivity contribution < 1.29 is 38.8 Å². The van der Waals surface area contributed by atoms with Gasteiger partial charge in [-0.1, -0.05) is 16.5 Å². The summed E-state index contributed by atoms with van der Waals surface area (Å²) in [7, 11) is 1.91. The summed E-state index contributed by atoms with van der Waals surface area (Å²) in [5.74, 6) is -3.72. The summed E-state index contributed by atoms with van der Waals surface area (Å²) >= 11 is 5.61. The average molecular weight is 723 g/mol. The fourth-order valence-electron chi connectivity index (χ4n) is 5.03. The van der Waals surface area contributed by atoms with Crippen molar-refractivity contribution >= 4 is 84.7 Å². The molecule has 6 N–H and O–H groups in total. The highest BCUT2D eigenvalue weighted by Gasteiger charge is 2.55. The van der Waals surface area contributed by atoms with E-state index in [2.05, 4.69) is 41.3 Å². The molecular weight excluding hydrogens is 692 g/mol. The van der Waals surface area contributed by atoms with E-state index in [0.29, 0.717) is 15.1 Å². The molecule has 15 nitrogen and oxygen atoms in total. The van der Waals surface area contributed by atoms with E-state index in [1.165, 1.54) is 23.6 Å². The van der Waals surface area contributed by atoms with Crippen molar-refractivity contribution in [3.8, 4) is 0 Å². The number of hydrogen-bond acceptors (Lipinski definition) is 11. The lowest BCUT2D eigenvalue weighted by molar-refractivity contribution is -0.663. The monoisotopic (exact) mass is 721 g/mol. The Bertz CT molecular complexity index is 1740. The fraction of sp³-hybridized carbons (Fsp3) is 0.370. The number of aromatic nitrogens is 3. The Morgan fingerprint density at radius 3 is 2.78 bits per heavy atom. The van der Waals surface area contributed by atoms with Crippen LogP contribution < -0.4 is 20.9 Å². The number of carboxylic acid groups (broad SMARTS) is 2. The molecule has 0 aromatic carbocycles. The van der Waals surface area contributed by atoms with Gasteiger partial charge in [-0.3, -0.25) is 14.5 Å². The number of nitrogen functional groups attached to an aromatic ring is 1. The number of thioether (sulfide) groups is 1. The van der Waals surface area contributed by atoms with Gasteiger partial charge in [0.1, 0.15) is 32.1 Å². The van der Waals surface area contributed by atoms with Crippen LogP contribution in [0.4, 0.5) is 5.13 Å². The van der Waals surface area contributed by atoms with Crippen LogP contribution in [0.25, 0.3) is 11.0 Å². The molecule has 3 aromatic heterocycles. The number of rotatable bonds is 13. The highest BCUT2D eigenvalue weighted by molar-refractivity contribution is 9.11. The lowest BCUT2D eigenvalue weighted by Crippen LogP contribution is -2.71. The maximum absolute atomic E-state index is 13.4. The van der Waals surface area contributed by atoms with E-state index in [-0.39, 0.29) is 23.1 Å². The molecule has 0 spiro atoms. The number of amides is 2. The van der Waals surface area contributed by atoms with Crippen LogP contribution in [0.2, 0.25) is 0 Å². The summed E-state index contributed by atoms with van der Waals surface area (Å²) in [5.41, 5.74) is 7.77. The highest BCUT2D eigenvalue weighted by atomic mass is 79.9. The molecule has 0 bridgehead atoms. The van der Waals surface area contributed by atoms with Crippen molar-refractivity contribution in [2.45, 2.75) is 44.0 Å². The Labute approximate surface area is 273 Å². The average Bonchev–Trinajstić information content (AvgIpc) is 3.57. The summed E-state index contributed by atoms with van der Waals surface area (Å²) < 4.78 is 4.46. The van der Waals surface area contributed by atoms with Crippen molar-refractivity contribution in [2.75, 3.05) is 25.1 Å². The summed E-state index contributed by atoms with van der Waals surface area (Å²) in [4.78, 5) is 60.7. The van der Waals surface area contributed by atoms with Crippen LogP contribution in [0.15, 0.2) is 50.8 Å². The first-order chi connectivity index (χ1) is 21.5. The zero-order chi connectivity index (χ0) is 32.4. The molecule has 0 aliphatic carbocycles. The van der Waals surface area contributed by atoms with Gasteiger partial charge in [0.2, 0.25) is 11.6 Å². The summed E-state index contributed by atoms with van der Waals surface area (Å²) in [6.45, 7) is 3.20. The van der Waals surface area contributed by atoms with Gasteiger partial charge in [0.25, 0.3) is 11.8 Å². The number of halogens is 1. The van der Waals surface area contributed by atoms with E-state index in [1.54, 1.807) is 0 Å². The first kappa shape index (κ1) is 32.4. The number of carboxylic acids is 2. The number of pyridine rings is 1. The van der Waals surface area contributed by atoms with E-state index in [9.17, 15) is 24.3 Å². The molecule has 45 heavy (non-hydrogen) atoms. The van der Waals surface area contributed by atoms with Crippen LogP contribution in [-0.4, -0.2) is 91.0 Å². The van der Waals surface area contributed by atoms with Crippen LogP contribution in [0.5, 0.6) is 0 Å². The summed E-state index contributed by atoms with van der Waals surface area (Å²) in [5, 5.41) is 28.2. The van der Waals surface area contributed by atoms with E-state index in [1.807, 2.05) is 42.2 Å². The van der Waals surface area contributed by atoms with Gasteiger partial charge < -0.3 is 36.0 Å². The maximum atomic E-state index is 13.4. The standard InChI is InChI=1S/C27H29BrN8O7S2/c1-13(25(39)40)43-33-18(17-21(28)45-27(29)32-17)22(37)31-19-23(38)36-20(26(41)42)14(12-44-24(19)36)11-35-8-3-5-15-16(35)6-10-34(15)9-4-7-30-2/h3,5-6,8,10,13,19,24,30H,4,7,9,11-12H2,1-2H3,(H4-,29,31,32,37,39,40,41,42)/p+1/b33-18-/t13-,19+,24+/m0/s1. The third kappa shape index (κ3) is 6.54. The Kier molecular flexibility index (Phi) is 9.76. The molecule has 0 radical (unpaired) electrons. The second kappa shape index (κ2) is 13.6. The lowest BCUT2D eigenvalue weighted by Gasteiger charge is -2.49. The van der Waals surface area contributed by atoms with Gasteiger partial charge in [-0.2, -0.15) is 4.57 Å². The quantitative estimate of drug-likeness (QED) is 0.0553. The molecule has 3 atom stereocenters. The highest BCUT2D eigenvalue weighted by Crippen LogP contribution is 2.40. The minimum absolute atomic E-state index is 0.00276. The molecule has 2 aliphatic heterocycles. The molecular formula is C27H30BrN8O7S2+. The predicted molar refractivity (Wildman–Crippen MR) is 169 cm³/mol. The van der Waals surface area contributed by atoms with Gasteiger partial charge in [0.15, 0.2) is 23.6 Å². The smallest absolute Gasteiger partial charge is 0.352 e. The third-order valence-electron chi connectivity index (χ3n) is 7.23. The molecule has 5 heterocycles. The molecule has 238 valence electrons. The van der Waals surface area contributed by atoms with Gasteiger partial charge >= 0.3 is 11.9 Å². The number of oxime groups is 1. The van der Waals surface area contributed by atoms with Crippen molar-refractivity contribution in [2.24, 2.45) is 5.16 Å². The van der Waals surface area contributed by atoms with Crippen LogP contribution in [-0.2, 0) is 37.1 Å². The van der Waals surface area contributed by atoms with Crippen molar-refractivity contribution in [3.05, 3.63) is 51.3 Å². The van der Waals surface area contributed by atoms with Gasteiger partial charge in [0, 0.05) is 36.2 Å². The number of carbonyl (C=O) groups excluding carboxylic acids is 2. The van der Waals surface area contributed by atoms with Crippen molar-refractivity contribution in [1.82, 2.24) is 25.1 Å². The van der Waals surface area contributed by atoms with E-state index < -0.39 is 47.0 Å². The number of carbonyl (C=O) groups is 4. The van der Waals surface area contributed by atoms with Crippen molar-refractivity contribution in [3.63, 3.8) is 0 Å². The van der Waals surface area contributed by atoms with E-state index in [0.717, 1.165) is 41.9 Å². The number of anilines is 1. The van der Waals surface area contributed by atoms with Crippen LogP contribution in [0.3, 0.4) is 0 Å². The Hall–Kier alpha value is -4.00. The minimum atomic E-state index is -1.38. The SMILES string of the molecule is CNCCCn1ccc2c1ccc[n+]2CC1=C(C(=O)O)N2C(=O)[C@@H](NC(=O)/C(=N\O[C@@H](C)C(=O)O)c3nc(N)sc3Br)[C@H]2SC1. The molecule has 1 saturated heterocycles. The Morgan fingerprint density at radius 1 is 1.33 bits per heavy atom. The summed E-state index contributed by atoms with van der Waals surface area (Å²) in [6, 6.07) is 4.84. The fourth-order valence-corrected chi connectivity index (χ4v) is 7.70. The van der Waals surface area contributed by atoms with Crippen LogP contribution >= 0.6 is 39.0 Å². The van der Waals surface area contributed by atoms with E-state index in [4.69, 9.17) is 15.7 Å². The number of aliphatic carboxylic acids is 2. The molecule has 3 aromatic rings. The molecule has 18 heteroatoms. The number of hydrogen-bond donors (Lipinski definition) is 5. The zero-order valence-corrected chi connectivity index (χ0v) is 27.3. The Balaban J connectivity index is 1.36. The molecule has 2 amide bonds. The Morgan fingerprint density at radius 2 is 2.11 bits per heavy atom. The zero-order valence-electron chi connectivity index (χ0n) is 24.1. The lowest BCUT2D eigenvalue weighted by atomic mass is 10.0. The largest absolute Gasteiger partial charge is 0.478 e. The molecule has 2 aliphatic rings. The molecule has 0 saturated carbocycles. The molecule has 1 fully saturated rings. The number of thiazole rings is 1. The molecule has 5 rings (SSSR count). The number of nitrogens with two attached hydrogens (primary N) is 1. The van der Waals surface area contributed by atoms with Crippen LogP contribution in [0, 0.1) is 0 Å². The third-order valence-corrected chi connectivity index (χ3v) is 10.1. The van der Waals surface area contributed by atoms with Gasteiger partial charge in [-0.25, -0.2) is 14.6 Å².